The van der Waals surface area contributed by atoms with Gasteiger partial charge in [0.25, 0.3) is 0 Å². The molecule has 0 aliphatic carbocycles. The van der Waals surface area contributed by atoms with Crippen molar-refractivity contribution in [3.8, 4) is 5.75 Å². The maximum Gasteiger partial charge on any atom is 0.328 e. The molecule has 9 unspecified atom stereocenters. The van der Waals surface area contributed by atoms with Gasteiger partial charge in [-0.05, 0) is 73.9 Å². The third-order valence-corrected chi connectivity index (χ3v) is 11.9. The lowest BCUT2D eigenvalue weighted by Crippen LogP contribution is -2.62. The van der Waals surface area contributed by atoms with Gasteiger partial charge in [0.1, 0.15) is 42.0 Å². The number of rotatable bonds is 25. The van der Waals surface area contributed by atoms with Crippen molar-refractivity contribution in [1.29, 1.82) is 0 Å². The lowest BCUT2D eigenvalue weighted by Gasteiger charge is -2.31. The van der Waals surface area contributed by atoms with Crippen LogP contribution in [-0.4, -0.2) is 152 Å². The van der Waals surface area contributed by atoms with E-state index >= 15 is 0 Å². The lowest BCUT2D eigenvalue weighted by molar-refractivity contribution is -0.147. The summed E-state index contributed by atoms with van der Waals surface area (Å²) in [6.07, 6.45) is -0.788. The number of likely N-dealkylation sites (tertiary alicyclic amines) is 1. The van der Waals surface area contributed by atoms with E-state index < -0.39 is 108 Å². The minimum Gasteiger partial charge on any atom is -0.508 e. The minimum atomic E-state index is -1.70. The number of aromatic hydroxyl groups is 1. The van der Waals surface area contributed by atoms with E-state index in [0.717, 1.165) is 0 Å². The Morgan fingerprint density at radius 1 is 0.647 bits per heavy atom. The number of carboxylic acid groups (broad SMARTS) is 1. The topological polar surface area (TPSA) is 319 Å². The fraction of sp³-hybridized carbons (Fsp3) is 0.447. The number of hydrogen-bond donors (Lipinski definition) is 11. The van der Waals surface area contributed by atoms with E-state index in [1.165, 1.54) is 54.8 Å². The number of phenolic OH excluding ortho intramolecular Hbond substituents is 1. The Morgan fingerprint density at radius 3 is 1.59 bits per heavy atom. The molecule has 3 aromatic carbocycles. The van der Waals surface area contributed by atoms with Crippen LogP contribution in [0.1, 0.15) is 49.8 Å². The number of aliphatic hydroxyl groups excluding tert-OH is 2. The van der Waals surface area contributed by atoms with Crippen LogP contribution < -0.4 is 37.6 Å². The number of nitrogens with two attached hydrogens (primary N) is 1. The monoisotopic (exact) mass is 962 g/mol. The number of carboxylic acids is 1. The first-order valence-electron chi connectivity index (χ1n) is 22.2. The first-order chi connectivity index (χ1) is 32.4. The Labute approximate surface area is 398 Å². The number of aliphatic carboxylic acids is 1. The molecule has 1 aliphatic heterocycles. The van der Waals surface area contributed by atoms with E-state index in [-0.39, 0.29) is 44.4 Å². The summed E-state index contributed by atoms with van der Waals surface area (Å²) in [7, 11) is 0. The molecule has 1 fully saturated rings. The van der Waals surface area contributed by atoms with Gasteiger partial charge in [-0.1, -0.05) is 72.8 Å². The molecule has 7 amide bonds. The quantitative estimate of drug-likeness (QED) is 0.0480. The van der Waals surface area contributed by atoms with E-state index in [1.807, 2.05) is 0 Å². The van der Waals surface area contributed by atoms with Crippen molar-refractivity contribution < 1.29 is 58.8 Å². The molecular formula is C47H62N8O12S. The molecule has 0 spiro atoms. The van der Waals surface area contributed by atoms with E-state index in [4.69, 9.17) is 5.73 Å². The Balaban J connectivity index is 1.60. The summed E-state index contributed by atoms with van der Waals surface area (Å²) in [5.41, 5.74) is 7.38. The van der Waals surface area contributed by atoms with Crippen LogP contribution in [0.25, 0.3) is 0 Å². The van der Waals surface area contributed by atoms with Crippen molar-refractivity contribution in [3.05, 3.63) is 102 Å². The summed E-state index contributed by atoms with van der Waals surface area (Å²) in [5.74, 6) is -6.70. The third-order valence-electron chi connectivity index (χ3n) is 11.2. The van der Waals surface area contributed by atoms with Crippen molar-refractivity contribution in [2.24, 2.45) is 5.73 Å². The highest BCUT2D eigenvalue weighted by Gasteiger charge is 2.41. The molecule has 3 aromatic rings. The molecule has 4 rings (SSSR count). The van der Waals surface area contributed by atoms with Crippen molar-refractivity contribution >= 4 is 59.1 Å². The van der Waals surface area contributed by atoms with Gasteiger partial charge in [0.05, 0.1) is 18.8 Å². The molecule has 1 aliphatic rings. The van der Waals surface area contributed by atoms with Crippen LogP contribution in [0.4, 0.5) is 0 Å². The van der Waals surface area contributed by atoms with Gasteiger partial charge in [-0.15, -0.1) is 0 Å². The molecule has 0 radical (unpaired) electrons. The molecule has 68 heavy (non-hydrogen) atoms. The molecule has 1 heterocycles. The molecule has 20 nitrogen and oxygen atoms in total. The molecule has 1 saturated heterocycles. The predicted octanol–water partition coefficient (Wildman–Crippen LogP) is -1.12. The van der Waals surface area contributed by atoms with E-state index in [1.54, 1.807) is 66.9 Å². The molecule has 0 aromatic heterocycles. The highest BCUT2D eigenvalue weighted by Crippen LogP contribution is 2.21. The number of thioether (sulfide) groups is 1. The number of phenols is 1. The average molecular weight is 963 g/mol. The van der Waals surface area contributed by atoms with Crippen molar-refractivity contribution in [1.82, 2.24) is 36.8 Å². The Hall–Kier alpha value is -6.55. The van der Waals surface area contributed by atoms with E-state index in [2.05, 4.69) is 31.9 Å². The third kappa shape index (κ3) is 16.4. The predicted molar refractivity (Wildman–Crippen MR) is 251 cm³/mol. The number of benzene rings is 3. The highest BCUT2D eigenvalue weighted by molar-refractivity contribution is 7.98. The van der Waals surface area contributed by atoms with Crippen molar-refractivity contribution in [2.45, 2.75) is 107 Å². The van der Waals surface area contributed by atoms with Crippen LogP contribution in [0, 0.1) is 0 Å². The summed E-state index contributed by atoms with van der Waals surface area (Å²) in [4.78, 5) is 109. The van der Waals surface area contributed by atoms with Crippen LogP contribution in [-0.2, 0) is 57.6 Å². The number of nitrogens with zero attached hydrogens (tertiary/aromatic N) is 1. The number of carbonyl (C=O) groups is 8. The fourth-order valence-electron chi connectivity index (χ4n) is 7.55. The number of amides is 7. The highest BCUT2D eigenvalue weighted by atomic mass is 32.2. The Bertz CT molecular complexity index is 2180. The van der Waals surface area contributed by atoms with Gasteiger partial charge in [-0.25, -0.2) is 4.79 Å². The standard InChI is InChI=1S/C47H62N8O12S/c1-27(56)39(45(64)50-33(20-22-68-3)46(65)55-21-10-15-37(55)44(63)54-40(28(2)57)47(66)67)53-43(62)36(25-31-16-18-32(58)19-17-31)52-42(61)35(24-30-13-8-5-9-14-30)51-41(60)34(49-38(59)26-48)23-29-11-6-4-7-12-29/h4-9,11-14,16-19,27-28,33-37,39-40,56-58H,10,15,20-26,48H2,1-3H3,(H,49,59)(H,50,64)(H,51,60)(H,52,61)(H,53,62)(H,54,63)(H,66,67). The van der Waals surface area contributed by atoms with Gasteiger partial charge >= 0.3 is 5.97 Å². The maximum absolute atomic E-state index is 14.4. The molecule has 12 N–H and O–H groups in total. The molecule has 0 bridgehead atoms. The van der Waals surface area contributed by atoms with Gasteiger partial charge in [-0.2, -0.15) is 11.8 Å². The van der Waals surface area contributed by atoms with Gasteiger partial charge in [-0.3, -0.25) is 33.6 Å². The zero-order valence-electron chi connectivity index (χ0n) is 38.1. The van der Waals surface area contributed by atoms with Crippen LogP contribution >= 0.6 is 11.8 Å². The summed E-state index contributed by atoms with van der Waals surface area (Å²) < 4.78 is 0. The summed E-state index contributed by atoms with van der Waals surface area (Å²) in [5, 5.41) is 55.8. The lowest BCUT2D eigenvalue weighted by atomic mass is 10.0. The summed E-state index contributed by atoms with van der Waals surface area (Å²) in [6, 6.07) is 13.7. The molecular weight excluding hydrogens is 901 g/mol. The van der Waals surface area contributed by atoms with Crippen molar-refractivity contribution in [2.75, 3.05) is 25.1 Å². The second-order valence-corrected chi connectivity index (χ2v) is 17.5. The van der Waals surface area contributed by atoms with E-state index in [0.29, 0.717) is 28.9 Å². The number of carbonyl (C=O) groups excluding carboxylic acids is 7. The molecule has 0 saturated carbocycles. The maximum atomic E-state index is 14.4. The van der Waals surface area contributed by atoms with Crippen LogP contribution in [0.2, 0.25) is 0 Å². The van der Waals surface area contributed by atoms with E-state index in [9.17, 15) is 58.8 Å². The zero-order chi connectivity index (χ0) is 49.9. The van der Waals surface area contributed by atoms with Crippen LogP contribution in [0.15, 0.2) is 84.9 Å². The van der Waals surface area contributed by atoms with Crippen LogP contribution in [0.3, 0.4) is 0 Å². The Kier molecular flexibility index (Phi) is 21.2. The normalized spacial score (nSPS) is 16.9. The minimum absolute atomic E-state index is 0.0563. The van der Waals surface area contributed by atoms with Gasteiger partial charge in [0, 0.05) is 25.8 Å². The first kappa shape index (κ1) is 54.1. The van der Waals surface area contributed by atoms with Crippen molar-refractivity contribution in [3.63, 3.8) is 0 Å². The second-order valence-electron chi connectivity index (χ2n) is 16.5. The summed E-state index contributed by atoms with van der Waals surface area (Å²) >= 11 is 1.37. The zero-order valence-corrected chi connectivity index (χ0v) is 38.9. The number of aliphatic hydroxyl groups is 2. The second kappa shape index (κ2) is 26.7. The molecule has 9 atom stereocenters. The number of nitrogens with one attached hydrogen (secondary N) is 6. The van der Waals surface area contributed by atoms with Gasteiger partial charge < -0.3 is 63.0 Å². The van der Waals surface area contributed by atoms with Gasteiger partial charge in [0.15, 0.2) is 6.04 Å². The molecule has 21 heteroatoms. The smallest absolute Gasteiger partial charge is 0.328 e. The fourth-order valence-corrected chi connectivity index (χ4v) is 8.02. The number of hydrogen-bond acceptors (Lipinski definition) is 13. The summed E-state index contributed by atoms with van der Waals surface area (Å²) in [6.45, 7) is 2.14. The molecule has 368 valence electrons. The average Bonchev–Trinajstić information content (AvgIpc) is 3.81. The van der Waals surface area contributed by atoms with Gasteiger partial charge in [0.2, 0.25) is 41.4 Å². The van der Waals surface area contributed by atoms with Crippen LogP contribution in [0.5, 0.6) is 5.75 Å². The first-order valence-corrected chi connectivity index (χ1v) is 23.6. The largest absolute Gasteiger partial charge is 0.508 e. The SMILES string of the molecule is CSCCC(NC(=O)C(NC(=O)C(Cc1ccc(O)cc1)NC(=O)C(Cc1ccccc1)NC(=O)C(Cc1ccccc1)NC(=O)CN)C(C)O)C(=O)N1CCCC1C(=O)NC(C(=O)O)C(C)O. The Morgan fingerprint density at radius 2 is 1.12 bits per heavy atom.